The van der Waals surface area contributed by atoms with Gasteiger partial charge in [-0.15, -0.1) is 0 Å². The number of hydrogen-bond acceptors (Lipinski definition) is 3. The van der Waals surface area contributed by atoms with Gasteiger partial charge in [0.2, 0.25) is 0 Å². The quantitative estimate of drug-likeness (QED) is 0.224. The summed E-state index contributed by atoms with van der Waals surface area (Å²) in [6.07, 6.45) is 3.07. The van der Waals surface area contributed by atoms with E-state index in [1.165, 1.54) is 0 Å². The zero-order valence-electron chi connectivity index (χ0n) is 21.5. The number of carbonyl (C=O) groups excluding carboxylic acids is 2. The molecule has 0 bridgehead atoms. The highest BCUT2D eigenvalue weighted by atomic mass is 35.5. The Hall–Kier alpha value is -4.02. The van der Waals surface area contributed by atoms with Crippen LogP contribution < -0.4 is 5.43 Å². The molecule has 0 N–H and O–H groups in total. The number of pyridine rings is 1. The molecule has 0 saturated heterocycles. The molecule has 0 saturated carbocycles. The molecule has 0 spiro atoms. The highest BCUT2D eigenvalue weighted by Crippen LogP contribution is 2.28. The van der Waals surface area contributed by atoms with Gasteiger partial charge in [0.15, 0.2) is 17.0 Å². The van der Waals surface area contributed by atoms with Crippen LogP contribution in [0.2, 0.25) is 5.02 Å². The van der Waals surface area contributed by atoms with Crippen LogP contribution in [0.15, 0.2) is 89.7 Å². The molecule has 0 radical (unpaired) electrons. The first-order chi connectivity index (χ1) is 18.4. The minimum atomic E-state index is -0.0529. The van der Waals surface area contributed by atoms with E-state index < -0.39 is 0 Å². The second-order valence-corrected chi connectivity index (χ2v) is 9.89. The molecular weight excluding hydrogens is 494 g/mol. The molecule has 190 valence electrons. The lowest BCUT2D eigenvalue weighted by molar-refractivity contribution is 0.0979. The van der Waals surface area contributed by atoms with Gasteiger partial charge in [0.25, 0.3) is 0 Å². The first kappa shape index (κ1) is 25.6. The number of unbranched alkanes of at least 4 members (excludes halogenated alkanes) is 1. The van der Waals surface area contributed by atoms with Crippen molar-refractivity contribution in [3.8, 4) is 0 Å². The summed E-state index contributed by atoms with van der Waals surface area (Å²) in [5.74, 6) is -0.0987. The molecule has 5 aromatic rings. The summed E-state index contributed by atoms with van der Waals surface area (Å²) in [6, 6.07) is 25.9. The van der Waals surface area contributed by atoms with E-state index in [0.29, 0.717) is 32.7 Å². The number of hydrogen-bond donors (Lipinski definition) is 0. The van der Waals surface area contributed by atoms with E-state index in [-0.39, 0.29) is 17.0 Å². The van der Waals surface area contributed by atoms with Crippen LogP contribution in [0.5, 0.6) is 0 Å². The lowest BCUT2D eigenvalue weighted by atomic mass is 9.83. The predicted molar refractivity (Wildman–Crippen MR) is 155 cm³/mol. The number of nitrogens with zero attached hydrogens (tertiary/aromatic N) is 1. The van der Waals surface area contributed by atoms with Crippen LogP contribution in [0, 0.1) is 0 Å². The molecule has 1 aliphatic carbocycles. The number of carbonyl (C=O) groups is 2. The summed E-state index contributed by atoms with van der Waals surface area (Å²) in [6.45, 7) is 5.12. The number of fused-ring (bicyclic) bond motifs is 4. The van der Waals surface area contributed by atoms with E-state index in [4.69, 9.17) is 11.6 Å². The summed E-state index contributed by atoms with van der Waals surface area (Å²) in [7, 11) is 0. The minimum Gasteiger partial charge on any atom is -0.340 e. The van der Waals surface area contributed by atoms with Crippen molar-refractivity contribution in [1.82, 2.24) is 4.57 Å². The van der Waals surface area contributed by atoms with Gasteiger partial charge < -0.3 is 4.57 Å². The molecular formula is C33H28ClNO3. The van der Waals surface area contributed by atoms with E-state index in [1.807, 2.05) is 55.5 Å². The third-order valence-electron chi connectivity index (χ3n) is 7.07. The molecule has 0 amide bonds. The largest absolute Gasteiger partial charge is 0.340 e. The Morgan fingerprint density at radius 2 is 1.29 bits per heavy atom. The van der Waals surface area contributed by atoms with Gasteiger partial charge in [0.1, 0.15) is 0 Å². The molecule has 1 aliphatic rings. The fourth-order valence-electron chi connectivity index (χ4n) is 5.02. The maximum atomic E-state index is 12.6. The second kappa shape index (κ2) is 10.8. The number of ketones is 2. The zero-order valence-corrected chi connectivity index (χ0v) is 22.2. The standard InChI is InChI=1S/C17H16ClNO.C16H12O2/c1-2-3-10-19-15-7-5-4-6-13(15)17(20)14-11-12(18)8-9-16(14)19;1-2-10-7-8-13-14(9-10)16(18)12-6-4-3-5-11(12)15(13)17/h4-9,11H,2-3,10H2,1H3;3-9H,2H2,1H3. The van der Waals surface area contributed by atoms with Crippen LogP contribution >= 0.6 is 11.6 Å². The average molecular weight is 522 g/mol. The van der Waals surface area contributed by atoms with Crippen molar-refractivity contribution in [2.24, 2.45) is 0 Å². The zero-order chi connectivity index (χ0) is 26.8. The fraction of sp³-hybridized carbons (Fsp3) is 0.182. The van der Waals surface area contributed by atoms with Gasteiger partial charge in [-0.05, 0) is 54.8 Å². The molecule has 0 fully saturated rings. The van der Waals surface area contributed by atoms with Gasteiger partial charge in [-0.3, -0.25) is 14.4 Å². The molecule has 0 atom stereocenters. The summed E-state index contributed by atoms with van der Waals surface area (Å²) in [5.41, 5.74) is 5.20. The summed E-state index contributed by atoms with van der Waals surface area (Å²) < 4.78 is 2.23. The van der Waals surface area contributed by atoms with Gasteiger partial charge in [0.05, 0.1) is 11.0 Å². The van der Waals surface area contributed by atoms with Crippen molar-refractivity contribution in [2.75, 3.05) is 0 Å². The van der Waals surface area contributed by atoms with Crippen LogP contribution in [0.3, 0.4) is 0 Å². The topological polar surface area (TPSA) is 56.1 Å². The minimum absolute atomic E-state index is 0.0458. The van der Waals surface area contributed by atoms with Crippen molar-refractivity contribution >= 4 is 45.0 Å². The molecule has 38 heavy (non-hydrogen) atoms. The number of aryl methyl sites for hydroxylation is 2. The molecule has 1 heterocycles. The Morgan fingerprint density at radius 1 is 0.658 bits per heavy atom. The van der Waals surface area contributed by atoms with E-state index >= 15 is 0 Å². The maximum absolute atomic E-state index is 12.6. The van der Waals surface area contributed by atoms with E-state index in [1.54, 1.807) is 36.4 Å². The number of halogens is 1. The Morgan fingerprint density at radius 3 is 2.00 bits per heavy atom. The molecule has 4 nitrogen and oxygen atoms in total. The van der Waals surface area contributed by atoms with Gasteiger partial charge in [-0.25, -0.2) is 0 Å². The molecule has 5 heteroatoms. The van der Waals surface area contributed by atoms with Gasteiger partial charge in [0, 0.05) is 44.6 Å². The van der Waals surface area contributed by atoms with Crippen LogP contribution in [0.4, 0.5) is 0 Å². The molecule has 0 aliphatic heterocycles. The first-order valence-electron chi connectivity index (χ1n) is 13.0. The highest BCUT2D eigenvalue weighted by molar-refractivity contribution is 6.31. The summed E-state index contributed by atoms with van der Waals surface area (Å²) in [4.78, 5) is 37.3. The van der Waals surface area contributed by atoms with E-state index in [0.717, 1.165) is 47.8 Å². The third kappa shape index (κ3) is 4.57. The fourth-order valence-corrected chi connectivity index (χ4v) is 5.20. The number of rotatable bonds is 4. The maximum Gasteiger partial charge on any atom is 0.197 e. The highest BCUT2D eigenvalue weighted by Gasteiger charge is 2.29. The van der Waals surface area contributed by atoms with Gasteiger partial charge in [-0.2, -0.15) is 0 Å². The lowest BCUT2D eigenvalue weighted by Gasteiger charge is -2.17. The predicted octanol–water partition coefficient (Wildman–Crippen LogP) is 7.63. The lowest BCUT2D eigenvalue weighted by Crippen LogP contribution is -2.20. The number of para-hydroxylation sites is 1. The normalized spacial score (nSPS) is 12.2. The first-order valence-corrected chi connectivity index (χ1v) is 13.3. The number of aromatic nitrogens is 1. The van der Waals surface area contributed by atoms with Crippen LogP contribution in [-0.4, -0.2) is 16.1 Å². The second-order valence-electron chi connectivity index (χ2n) is 9.45. The Balaban J connectivity index is 0.000000156. The van der Waals surface area contributed by atoms with Crippen molar-refractivity contribution in [1.29, 1.82) is 0 Å². The average Bonchev–Trinajstić information content (AvgIpc) is 2.96. The Kier molecular flexibility index (Phi) is 7.26. The summed E-state index contributed by atoms with van der Waals surface area (Å²) >= 11 is 6.05. The molecule has 0 unspecified atom stereocenters. The molecule has 1 aromatic heterocycles. The van der Waals surface area contributed by atoms with E-state index in [2.05, 4.69) is 11.5 Å². The summed E-state index contributed by atoms with van der Waals surface area (Å²) in [5, 5.41) is 2.07. The van der Waals surface area contributed by atoms with Crippen LogP contribution in [0.25, 0.3) is 21.8 Å². The third-order valence-corrected chi connectivity index (χ3v) is 7.30. The smallest absolute Gasteiger partial charge is 0.197 e. The monoisotopic (exact) mass is 521 g/mol. The van der Waals surface area contributed by atoms with Crippen LogP contribution in [-0.2, 0) is 13.0 Å². The Bertz CT molecular complexity index is 1770. The van der Waals surface area contributed by atoms with Crippen molar-refractivity contribution in [3.63, 3.8) is 0 Å². The van der Waals surface area contributed by atoms with E-state index in [9.17, 15) is 14.4 Å². The molecule has 6 rings (SSSR count). The van der Waals surface area contributed by atoms with Gasteiger partial charge in [-0.1, -0.05) is 80.4 Å². The van der Waals surface area contributed by atoms with Crippen molar-refractivity contribution in [2.45, 2.75) is 39.7 Å². The number of benzene rings is 4. The molecule has 4 aromatic carbocycles. The van der Waals surface area contributed by atoms with Crippen molar-refractivity contribution < 1.29 is 9.59 Å². The SMILES string of the molecule is CCCCn1c2ccccc2c(=O)c2cc(Cl)ccc21.CCc1ccc2c(c1)C(=O)c1ccccc1C2=O. The Labute approximate surface area is 226 Å². The van der Waals surface area contributed by atoms with Crippen molar-refractivity contribution in [3.05, 3.63) is 128 Å². The van der Waals surface area contributed by atoms with Gasteiger partial charge >= 0.3 is 0 Å². The van der Waals surface area contributed by atoms with Crippen LogP contribution in [0.1, 0.15) is 64.1 Å².